The number of phenolic OH excluding ortho intramolecular Hbond substituents is 1. The van der Waals surface area contributed by atoms with Gasteiger partial charge in [-0.05, 0) is 75.9 Å². The lowest BCUT2D eigenvalue weighted by molar-refractivity contribution is -0.157. The summed E-state index contributed by atoms with van der Waals surface area (Å²) in [7, 11) is 1.51. The van der Waals surface area contributed by atoms with E-state index in [1.165, 1.54) is 40.2 Å². The number of fused-ring (bicyclic) bond motifs is 5. The fourth-order valence-corrected chi connectivity index (χ4v) is 10.2. The first-order valence-electron chi connectivity index (χ1n) is 24.1. The standard InChI is InChI=1S/C53H68N4O12/c1-12-19-54-25-34-16-20-57(21-17-34)35-23-36(59)42-38(24-35)68-50-43(55-42)39-40-46(61)32(8)49-41(39)51(63)53(10,69-49)66-22-18-37(65-11)31(7)48(67-33(9)58)30(6)28(4)29(5)45(60)26(2)14-13-15-27(3)52(64)56-44(50)47(40)62/h13-15,18,22-24,26,28-31,34,37,45,48,54,60-61,63H,12,16-17,19-21,25H2,1-11H3,(H,56,64)/b14-13+,22-18+,27-15-/t26-,28+,29-,30+,31+,37-,45-,48-,53-/m0/s1. The molecule has 69 heavy (non-hydrogen) atoms. The number of carbonyl (C=O) groups excluding carboxylic acids is 2. The van der Waals surface area contributed by atoms with E-state index in [-0.39, 0.29) is 84.4 Å². The predicted octanol–water partition coefficient (Wildman–Crippen LogP) is 7.05. The van der Waals surface area contributed by atoms with Gasteiger partial charge >= 0.3 is 11.8 Å². The topological polar surface area (TPSA) is 219 Å². The summed E-state index contributed by atoms with van der Waals surface area (Å²) in [5.41, 5.74) is -1.07. The zero-order valence-corrected chi connectivity index (χ0v) is 41.6. The molecular formula is C53H68N4O12. The molecule has 4 heterocycles. The Balaban J connectivity index is 1.44. The number of hydrogen-bond donors (Lipinski definition) is 5. The number of hydrogen-bond acceptors (Lipinski definition) is 15. The Morgan fingerprint density at radius 2 is 1.70 bits per heavy atom. The van der Waals surface area contributed by atoms with E-state index in [0.29, 0.717) is 24.7 Å². The molecular weight excluding hydrogens is 885 g/mol. The number of piperidine rings is 1. The lowest BCUT2D eigenvalue weighted by Crippen LogP contribution is -2.43. The van der Waals surface area contributed by atoms with Crippen molar-refractivity contribution in [3.63, 3.8) is 0 Å². The monoisotopic (exact) mass is 952 g/mol. The zero-order valence-electron chi connectivity index (χ0n) is 41.6. The summed E-state index contributed by atoms with van der Waals surface area (Å²) in [6, 6.07) is 3.21. The molecule has 0 spiro atoms. The quantitative estimate of drug-likeness (QED) is 0.0543. The maximum Gasteiger partial charge on any atom is 0.307 e. The average Bonchev–Trinajstić information content (AvgIpc) is 3.59. The number of phenols is 1. The number of aliphatic hydroxyl groups excluding tert-OH is 2. The number of methoxy groups -OCH3 is 1. The number of aromatic hydroxyl groups is 1. The Kier molecular flexibility index (Phi) is 15.2. The van der Waals surface area contributed by atoms with Crippen molar-refractivity contribution in [3.05, 3.63) is 79.5 Å². The Morgan fingerprint density at radius 3 is 2.36 bits per heavy atom. The third kappa shape index (κ3) is 9.80. The predicted molar refractivity (Wildman–Crippen MR) is 266 cm³/mol. The van der Waals surface area contributed by atoms with E-state index < -0.39 is 64.3 Å². The van der Waals surface area contributed by atoms with Gasteiger partial charge in [0.1, 0.15) is 28.8 Å². The van der Waals surface area contributed by atoms with Crippen LogP contribution in [0.1, 0.15) is 87.1 Å². The number of allylic oxidation sites excluding steroid dienone is 2. The van der Waals surface area contributed by atoms with Crippen LogP contribution in [-0.4, -0.2) is 89.6 Å². The molecule has 7 rings (SSSR count). The van der Waals surface area contributed by atoms with Gasteiger partial charge in [-0.15, -0.1) is 0 Å². The van der Waals surface area contributed by atoms with Gasteiger partial charge < -0.3 is 54.2 Å². The highest BCUT2D eigenvalue weighted by molar-refractivity contribution is 6.16. The van der Waals surface area contributed by atoms with Crippen LogP contribution in [0.25, 0.3) is 38.7 Å². The van der Waals surface area contributed by atoms with Crippen LogP contribution in [0.2, 0.25) is 0 Å². The highest BCUT2D eigenvalue weighted by atomic mass is 16.7. The van der Waals surface area contributed by atoms with E-state index in [2.05, 4.69) is 22.5 Å². The lowest BCUT2D eigenvalue weighted by Gasteiger charge is -2.39. The molecule has 3 aliphatic rings. The summed E-state index contributed by atoms with van der Waals surface area (Å²) >= 11 is 0. The van der Waals surface area contributed by atoms with Crippen LogP contribution in [0.3, 0.4) is 0 Å². The van der Waals surface area contributed by atoms with Crippen LogP contribution in [0.4, 0.5) is 11.4 Å². The van der Waals surface area contributed by atoms with Crippen LogP contribution in [0.15, 0.2) is 62.3 Å². The number of carbonyl (C=O) groups is 2. The normalized spacial score (nSPS) is 29.2. The minimum absolute atomic E-state index is 0.0187. The third-order valence-electron chi connectivity index (χ3n) is 14.8. The van der Waals surface area contributed by atoms with Gasteiger partial charge in [-0.3, -0.25) is 19.2 Å². The number of amides is 1. The molecule has 4 aromatic rings. The summed E-state index contributed by atoms with van der Waals surface area (Å²) in [5.74, 6) is -5.09. The van der Waals surface area contributed by atoms with Crippen molar-refractivity contribution >= 4 is 62.0 Å². The largest absolute Gasteiger partial charge is 0.507 e. The Bertz CT molecular complexity index is 2900. The smallest absolute Gasteiger partial charge is 0.307 e. The van der Waals surface area contributed by atoms with Crippen molar-refractivity contribution < 1.29 is 48.3 Å². The first kappa shape index (κ1) is 50.9. The Morgan fingerprint density at radius 1 is 0.986 bits per heavy atom. The van der Waals surface area contributed by atoms with E-state index in [9.17, 15) is 34.5 Å². The minimum Gasteiger partial charge on any atom is -0.507 e. The van der Waals surface area contributed by atoms with Crippen molar-refractivity contribution in [2.45, 2.75) is 113 Å². The molecule has 1 saturated heterocycles. The number of rotatable bonds is 7. The first-order chi connectivity index (χ1) is 32.7. The average molecular weight is 953 g/mol. The molecule has 0 unspecified atom stereocenters. The Hall–Kier alpha value is -5.97. The number of benzene rings is 3. The van der Waals surface area contributed by atoms with Crippen molar-refractivity contribution in [3.8, 4) is 11.5 Å². The van der Waals surface area contributed by atoms with Crippen LogP contribution in [-0.2, 0) is 23.8 Å². The Labute approximate surface area is 402 Å². The van der Waals surface area contributed by atoms with Crippen LogP contribution >= 0.6 is 0 Å². The van der Waals surface area contributed by atoms with Gasteiger partial charge in [-0.25, -0.2) is 4.98 Å². The number of nitrogens with one attached hydrogen (secondary N) is 2. The van der Waals surface area contributed by atoms with Crippen molar-refractivity contribution in [2.24, 2.45) is 35.5 Å². The molecule has 3 aromatic carbocycles. The molecule has 1 amide bonds. The van der Waals surface area contributed by atoms with Gasteiger partial charge in [0.05, 0.1) is 29.1 Å². The molecule has 0 aliphatic carbocycles. The fourth-order valence-electron chi connectivity index (χ4n) is 10.2. The first-order valence-corrected chi connectivity index (χ1v) is 24.1. The zero-order chi connectivity index (χ0) is 50.2. The van der Waals surface area contributed by atoms with Crippen LogP contribution in [0.5, 0.6) is 11.5 Å². The van der Waals surface area contributed by atoms with E-state index in [0.717, 1.165) is 32.4 Å². The third-order valence-corrected chi connectivity index (χ3v) is 14.8. The molecule has 0 saturated carbocycles. The van der Waals surface area contributed by atoms with Crippen LogP contribution in [0, 0.1) is 42.4 Å². The molecule has 16 heteroatoms. The molecule has 1 aromatic heterocycles. The molecule has 16 nitrogen and oxygen atoms in total. The summed E-state index contributed by atoms with van der Waals surface area (Å²) < 4.78 is 30.9. The number of aliphatic hydroxyl groups is 2. The maximum atomic E-state index is 14.9. The highest BCUT2D eigenvalue weighted by Gasteiger charge is 2.44. The maximum absolute atomic E-state index is 14.9. The van der Waals surface area contributed by atoms with Crippen molar-refractivity contribution in [1.29, 1.82) is 0 Å². The summed E-state index contributed by atoms with van der Waals surface area (Å²) in [4.78, 5) is 62.6. The second kappa shape index (κ2) is 20.6. The summed E-state index contributed by atoms with van der Waals surface area (Å²) in [5, 5.41) is 41.5. The van der Waals surface area contributed by atoms with Crippen molar-refractivity contribution in [1.82, 2.24) is 10.3 Å². The summed E-state index contributed by atoms with van der Waals surface area (Å²) in [6.45, 7) is 21.0. The molecule has 0 radical (unpaired) electrons. The molecule has 9 atom stereocenters. The van der Waals surface area contributed by atoms with E-state index in [4.69, 9.17) is 28.3 Å². The van der Waals surface area contributed by atoms with Crippen molar-refractivity contribution in [2.75, 3.05) is 43.5 Å². The number of aromatic nitrogens is 1. The lowest BCUT2D eigenvalue weighted by atomic mass is 9.73. The van der Waals surface area contributed by atoms with E-state index >= 15 is 0 Å². The van der Waals surface area contributed by atoms with E-state index in [1.807, 2.05) is 34.6 Å². The van der Waals surface area contributed by atoms with Gasteiger partial charge in [-0.2, -0.15) is 0 Å². The highest BCUT2D eigenvalue weighted by Crippen LogP contribution is 2.42. The minimum atomic E-state index is -1.94. The van der Waals surface area contributed by atoms with Gasteiger partial charge in [0.2, 0.25) is 10.9 Å². The SMILES string of the molecule is CCCNCC1CCN(c2cc(=O)c3nc4c(oc3c2)c2c(=O)c3c(O)c(C)c5c(c34)=C(O)[C@@](C)(O/C=C/[C@H](OC)[C@@H](C)[C@@H](OC(C)=O)[C@H](C)[C@H](C)[C@H](C)[C@@H](O)[C@@H](C)/C=C/C=C(/C)C(=O)N2)O5)CC1. The van der Waals surface area contributed by atoms with Crippen LogP contribution < -0.4 is 36.3 Å². The fraction of sp³-hybridized carbons (Fsp3) is 0.528. The molecule has 5 bridgehead atoms. The van der Waals surface area contributed by atoms with E-state index in [1.54, 1.807) is 37.3 Å². The second-order valence-electron chi connectivity index (χ2n) is 19.5. The van der Waals surface area contributed by atoms with Gasteiger partial charge in [0.25, 0.3) is 5.91 Å². The second-order valence-corrected chi connectivity index (χ2v) is 19.5. The van der Waals surface area contributed by atoms with Gasteiger partial charge in [0, 0.05) is 80.2 Å². The number of ether oxygens (including phenoxy) is 4. The summed E-state index contributed by atoms with van der Waals surface area (Å²) in [6.07, 6.45) is 8.65. The molecule has 5 N–H and O–H groups in total. The number of esters is 1. The number of anilines is 2. The van der Waals surface area contributed by atoms with Gasteiger partial charge in [-0.1, -0.05) is 59.8 Å². The molecule has 372 valence electrons. The number of nitrogens with zero attached hydrogens (tertiary/aromatic N) is 2. The van der Waals surface area contributed by atoms with Gasteiger partial charge in [0.15, 0.2) is 22.4 Å². The molecule has 1 fully saturated rings. The molecule has 3 aliphatic heterocycles.